The van der Waals surface area contributed by atoms with Crippen LogP contribution >= 0.6 is 11.6 Å². The van der Waals surface area contributed by atoms with E-state index < -0.39 is 5.97 Å². The van der Waals surface area contributed by atoms with Gasteiger partial charge in [0.05, 0.1) is 12.7 Å². The molecular weight excluding hydrogens is 344 g/mol. The Labute approximate surface area is 150 Å². The van der Waals surface area contributed by atoms with E-state index in [1.165, 1.54) is 6.07 Å². The normalized spacial score (nSPS) is 15.2. The average Bonchev–Trinajstić information content (AvgIpc) is 2.64. The van der Waals surface area contributed by atoms with Crippen LogP contribution in [0.5, 0.6) is 5.88 Å². The summed E-state index contributed by atoms with van der Waals surface area (Å²) in [6.07, 6.45) is 1.69. The van der Waals surface area contributed by atoms with Crippen molar-refractivity contribution in [2.24, 2.45) is 0 Å². The second-order valence-electron chi connectivity index (χ2n) is 5.77. The molecule has 1 saturated heterocycles. The summed E-state index contributed by atoms with van der Waals surface area (Å²) in [4.78, 5) is 24.1. The first-order valence-corrected chi connectivity index (χ1v) is 8.30. The second-order valence-corrected chi connectivity index (χ2v) is 6.18. The number of halogens is 1. The van der Waals surface area contributed by atoms with E-state index in [4.69, 9.17) is 21.4 Å². The van der Waals surface area contributed by atoms with Gasteiger partial charge in [-0.15, -0.1) is 0 Å². The van der Waals surface area contributed by atoms with Gasteiger partial charge in [0.2, 0.25) is 11.8 Å². The van der Waals surface area contributed by atoms with Crippen molar-refractivity contribution in [1.82, 2.24) is 14.9 Å². The third-order valence-electron chi connectivity index (χ3n) is 4.17. The summed E-state index contributed by atoms with van der Waals surface area (Å²) in [5.74, 6) is 0.257. The molecule has 1 fully saturated rings. The second kappa shape index (κ2) is 7.67. The van der Waals surface area contributed by atoms with Crippen molar-refractivity contribution >= 4 is 23.5 Å². The molecule has 0 saturated carbocycles. The number of carboxylic acids is 1. The zero-order valence-electron chi connectivity index (χ0n) is 13.9. The number of nitrogens with zero attached hydrogens (tertiary/aromatic N) is 4. The lowest BCUT2D eigenvalue weighted by molar-refractivity contribution is 0.0696. The fraction of sp³-hybridized carbons (Fsp3) is 0.353. The molecule has 2 heterocycles. The number of ether oxygens (including phenoxy) is 1. The van der Waals surface area contributed by atoms with Gasteiger partial charge in [-0.3, -0.25) is 4.90 Å². The highest BCUT2D eigenvalue weighted by Gasteiger charge is 2.20. The van der Waals surface area contributed by atoms with E-state index in [1.807, 2.05) is 0 Å². The van der Waals surface area contributed by atoms with E-state index in [9.17, 15) is 4.79 Å². The molecule has 0 radical (unpaired) electrons. The highest BCUT2D eigenvalue weighted by Crippen LogP contribution is 2.21. The van der Waals surface area contributed by atoms with Crippen molar-refractivity contribution in [1.29, 1.82) is 0 Å². The summed E-state index contributed by atoms with van der Waals surface area (Å²) in [5.41, 5.74) is 1.08. The largest absolute Gasteiger partial charge is 0.481 e. The monoisotopic (exact) mass is 362 g/mol. The molecule has 0 spiro atoms. The molecule has 1 aliphatic rings. The Morgan fingerprint density at radius 1 is 1.28 bits per heavy atom. The first-order chi connectivity index (χ1) is 12.1. The number of hydrogen-bond acceptors (Lipinski definition) is 6. The highest BCUT2D eigenvalue weighted by molar-refractivity contribution is 6.31. The minimum atomic E-state index is -0.946. The minimum Gasteiger partial charge on any atom is -0.481 e. The third kappa shape index (κ3) is 4.18. The highest BCUT2D eigenvalue weighted by atomic mass is 35.5. The van der Waals surface area contributed by atoms with Crippen LogP contribution in [0.4, 0.5) is 5.95 Å². The lowest BCUT2D eigenvalue weighted by atomic mass is 10.1. The van der Waals surface area contributed by atoms with Crippen LogP contribution in [0, 0.1) is 0 Å². The Kier molecular flexibility index (Phi) is 5.35. The van der Waals surface area contributed by atoms with Crippen LogP contribution in [0.1, 0.15) is 15.9 Å². The van der Waals surface area contributed by atoms with E-state index in [0.29, 0.717) is 23.4 Å². The van der Waals surface area contributed by atoms with Gasteiger partial charge in [-0.2, -0.15) is 4.98 Å². The molecule has 0 aliphatic carbocycles. The van der Waals surface area contributed by atoms with E-state index in [-0.39, 0.29) is 5.56 Å². The van der Waals surface area contributed by atoms with Crippen LogP contribution in [0.2, 0.25) is 5.02 Å². The quantitative estimate of drug-likeness (QED) is 0.873. The van der Waals surface area contributed by atoms with Crippen LogP contribution in [0.15, 0.2) is 30.5 Å². The van der Waals surface area contributed by atoms with Crippen molar-refractivity contribution in [3.8, 4) is 5.88 Å². The van der Waals surface area contributed by atoms with E-state index in [2.05, 4.69) is 19.8 Å². The van der Waals surface area contributed by atoms with Crippen LogP contribution in [-0.2, 0) is 6.54 Å². The number of aromatic nitrogens is 2. The molecule has 0 unspecified atom stereocenters. The van der Waals surface area contributed by atoms with Crippen LogP contribution in [0.25, 0.3) is 0 Å². The van der Waals surface area contributed by atoms with Gasteiger partial charge < -0.3 is 14.7 Å². The molecular formula is C17H19ClN4O3. The van der Waals surface area contributed by atoms with Crippen LogP contribution in [0.3, 0.4) is 0 Å². The number of methoxy groups -OCH3 is 1. The minimum absolute atomic E-state index is 0.253. The summed E-state index contributed by atoms with van der Waals surface area (Å²) in [6.45, 7) is 3.81. The summed E-state index contributed by atoms with van der Waals surface area (Å²) in [5, 5.41) is 9.71. The van der Waals surface area contributed by atoms with Gasteiger partial charge in [0.15, 0.2) is 0 Å². The third-order valence-corrected chi connectivity index (χ3v) is 4.54. The Bertz CT molecular complexity index is 763. The zero-order chi connectivity index (χ0) is 17.8. The molecule has 0 atom stereocenters. The number of hydrogen-bond donors (Lipinski definition) is 1. The standard InChI is InChI=1S/C17H19ClN4O3/c1-25-15-4-5-19-17(20-15)22-8-6-21(7-9-22)11-13-10-12(16(23)24)2-3-14(13)18/h2-5,10H,6-9,11H2,1H3,(H,23,24). The molecule has 7 nitrogen and oxygen atoms in total. The van der Waals surface area contributed by atoms with E-state index in [1.54, 1.807) is 31.5 Å². The first-order valence-electron chi connectivity index (χ1n) is 7.93. The van der Waals surface area contributed by atoms with Gasteiger partial charge in [0.1, 0.15) is 0 Å². The summed E-state index contributed by atoms with van der Waals surface area (Å²) < 4.78 is 5.14. The summed E-state index contributed by atoms with van der Waals surface area (Å²) >= 11 is 6.21. The Morgan fingerprint density at radius 3 is 2.72 bits per heavy atom. The SMILES string of the molecule is COc1ccnc(N2CCN(Cc3cc(C(=O)O)ccc3Cl)CC2)n1. The lowest BCUT2D eigenvalue weighted by Gasteiger charge is -2.34. The van der Waals surface area contributed by atoms with Crippen molar-refractivity contribution in [2.45, 2.75) is 6.54 Å². The molecule has 1 aromatic heterocycles. The van der Waals surface area contributed by atoms with E-state index >= 15 is 0 Å². The topological polar surface area (TPSA) is 78.8 Å². The van der Waals surface area contributed by atoms with Gasteiger partial charge in [-0.25, -0.2) is 9.78 Å². The Balaban J connectivity index is 1.63. The maximum absolute atomic E-state index is 11.1. The number of carbonyl (C=O) groups is 1. The van der Waals surface area contributed by atoms with Crippen LogP contribution < -0.4 is 9.64 Å². The maximum Gasteiger partial charge on any atom is 0.335 e. The van der Waals surface area contributed by atoms with Gasteiger partial charge in [-0.1, -0.05) is 11.6 Å². The zero-order valence-corrected chi connectivity index (χ0v) is 14.6. The molecule has 2 aromatic rings. The number of aromatic carboxylic acids is 1. The summed E-state index contributed by atoms with van der Waals surface area (Å²) in [7, 11) is 1.58. The predicted octanol–water partition coefficient (Wildman–Crippen LogP) is 2.16. The number of piperazine rings is 1. The van der Waals surface area contributed by atoms with E-state index in [0.717, 1.165) is 31.7 Å². The summed E-state index contributed by atoms with van der Waals surface area (Å²) in [6, 6.07) is 6.52. The van der Waals surface area contributed by atoms with Gasteiger partial charge in [-0.05, 0) is 23.8 Å². The molecule has 0 bridgehead atoms. The van der Waals surface area contributed by atoms with Crippen molar-refractivity contribution in [3.05, 3.63) is 46.6 Å². The van der Waals surface area contributed by atoms with Crippen molar-refractivity contribution < 1.29 is 14.6 Å². The number of carboxylic acid groups (broad SMARTS) is 1. The fourth-order valence-electron chi connectivity index (χ4n) is 2.77. The molecule has 132 valence electrons. The number of rotatable bonds is 5. The Morgan fingerprint density at radius 2 is 2.04 bits per heavy atom. The first kappa shape index (κ1) is 17.4. The fourth-order valence-corrected chi connectivity index (χ4v) is 2.95. The number of anilines is 1. The lowest BCUT2D eigenvalue weighted by Crippen LogP contribution is -2.46. The number of benzene rings is 1. The predicted molar refractivity (Wildman–Crippen MR) is 94.5 cm³/mol. The Hall–Kier alpha value is -2.38. The molecule has 1 aliphatic heterocycles. The molecule has 1 aromatic carbocycles. The average molecular weight is 363 g/mol. The molecule has 3 rings (SSSR count). The molecule has 1 N–H and O–H groups in total. The smallest absolute Gasteiger partial charge is 0.335 e. The van der Waals surface area contributed by atoms with Crippen molar-refractivity contribution in [3.63, 3.8) is 0 Å². The van der Waals surface area contributed by atoms with Gasteiger partial charge in [0.25, 0.3) is 0 Å². The van der Waals surface area contributed by atoms with Crippen molar-refractivity contribution in [2.75, 3.05) is 38.2 Å². The molecule has 8 heteroatoms. The van der Waals surface area contributed by atoms with Gasteiger partial charge in [0, 0.05) is 50.0 Å². The van der Waals surface area contributed by atoms with Crippen LogP contribution in [-0.4, -0.2) is 59.2 Å². The van der Waals surface area contributed by atoms with Gasteiger partial charge >= 0.3 is 5.97 Å². The maximum atomic E-state index is 11.1. The molecule has 25 heavy (non-hydrogen) atoms. The molecule has 0 amide bonds.